The first kappa shape index (κ1) is 17.9. The molecule has 4 nitrogen and oxygen atoms in total. The number of hydrogen-bond donors (Lipinski definition) is 1. The Morgan fingerprint density at radius 3 is 2.27 bits per heavy atom. The first-order chi connectivity index (χ1) is 10.1. The van der Waals surface area contributed by atoms with Crippen molar-refractivity contribution in [3.63, 3.8) is 0 Å². The fourth-order valence-electron chi connectivity index (χ4n) is 3.42. The van der Waals surface area contributed by atoms with Crippen molar-refractivity contribution in [3.8, 4) is 0 Å². The lowest BCUT2D eigenvalue weighted by Gasteiger charge is -2.24. The highest BCUT2D eigenvalue weighted by molar-refractivity contribution is 5.04. The van der Waals surface area contributed by atoms with Gasteiger partial charge in [0.05, 0.1) is 23.9 Å². The molecule has 0 aromatic heterocycles. The largest absolute Gasteiger partial charge is 0.394 e. The standard InChI is InChI=1S/C18H32O4/c1-13(8-7-11-18(6)15(12-19)21-18)9-10-14-16(2,3)22-17(4,5)20-14/h8,14-15,19H,7,9-12H2,1-6H3/b13-8+/t14-,15+,18+/m1/s1. The molecule has 0 bridgehead atoms. The van der Waals surface area contributed by atoms with Crippen molar-refractivity contribution in [1.82, 2.24) is 0 Å². The molecular formula is C18H32O4. The van der Waals surface area contributed by atoms with E-state index in [1.54, 1.807) is 0 Å². The van der Waals surface area contributed by atoms with Crippen molar-refractivity contribution in [2.24, 2.45) is 0 Å². The number of epoxide rings is 1. The predicted molar refractivity (Wildman–Crippen MR) is 86.7 cm³/mol. The van der Waals surface area contributed by atoms with E-state index >= 15 is 0 Å². The summed E-state index contributed by atoms with van der Waals surface area (Å²) in [5, 5.41) is 9.08. The van der Waals surface area contributed by atoms with Gasteiger partial charge in [0, 0.05) is 0 Å². The van der Waals surface area contributed by atoms with Crippen LogP contribution in [0.15, 0.2) is 11.6 Å². The van der Waals surface area contributed by atoms with Gasteiger partial charge in [-0.1, -0.05) is 11.6 Å². The van der Waals surface area contributed by atoms with Crippen LogP contribution in [0.4, 0.5) is 0 Å². The van der Waals surface area contributed by atoms with Crippen molar-refractivity contribution >= 4 is 0 Å². The summed E-state index contributed by atoms with van der Waals surface area (Å²) >= 11 is 0. The first-order valence-corrected chi connectivity index (χ1v) is 8.40. The minimum atomic E-state index is -0.483. The topological polar surface area (TPSA) is 51.2 Å². The molecule has 0 radical (unpaired) electrons. The minimum Gasteiger partial charge on any atom is -0.394 e. The van der Waals surface area contributed by atoms with Gasteiger partial charge in [-0.3, -0.25) is 0 Å². The van der Waals surface area contributed by atoms with E-state index < -0.39 is 5.79 Å². The number of aliphatic hydroxyl groups excluding tert-OH is 1. The smallest absolute Gasteiger partial charge is 0.164 e. The maximum absolute atomic E-state index is 9.08. The van der Waals surface area contributed by atoms with Crippen LogP contribution in [-0.2, 0) is 14.2 Å². The van der Waals surface area contributed by atoms with Crippen LogP contribution in [0.3, 0.4) is 0 Å². The number of ether oxygens (including phenoxy) is 3. The third kappa shape index (κ3) is 4.31. The summed E-state index contributed by atoms with van der Waals surface area (Å²) in [4.78, 5) is 0. The van der Waals surface area contributed by atoms with E-state index in [4.69, 9.17) is 19.3 Å². The summed E-state index contributed by atoms with van der Waals surface area (Å²) in [5.74, 6) is -0.483. The van der Waals surface area contributed by atoms with Gasteiger partial charge in [-0.25, -0.2) is 0 Å². The zero-order chi connectivity index (χ0) is 16.6. The van der Waals surface area contributed by atoms with Gasteiger partial charge in [0.15, 0.2) is 5.79 Å². The number of hydrogen-bond acceptors (Lipinski definition) is 4. The van der Waals surface area contributed by atoms with E-state index in [2.05, 4.69) is 33.8 Å². The molecule has 2 aliphatic heterocycles. The Labute approximate surface area is 134 Å². The van der Waals surface area contributed by atoms with Crippen LogP contribution < -0.4 is 0 Å². The third-order valence-corrected chi connectivity index (χ3v) is 4.85. The molecule has 4 heteroatoms. The van der Waals surface area contributed by atoms with Gasteiger partial charge in [-0.05, 0) is 67.2 Å². The minimum absolute atomic E-state index is 0.0354. The average molecular weight is 312 g/mol. The molecule has 0 spiro atoms. The molecule has 2 rings (SSSR count). The Hall–Kier alpha value is -0.420. The second-order valence-corrected chi connectivity index (χ2v) is 7.94. The van der Waals surface area contributed by atoms with Gasteiger partial charge in [-0.15, -0.1) is 0 Å². The summed E-state index contributed by atoms with van der Waals surface area (Å²) < 4.78 is 17.5. The quantitative estimate of drug-likeness (QED) is 0.577. The lowest BCUT2D eigenvalue weighted by Crippen LogP contribution is -2.33. The Morgan fingerprint density at radius 2 is 1.77 bits per heavy atom. The molecule has 0 unspecified atom stereocenters. The molecule has 2 heterocycles. The summed E-state index contributed by atoms with van der Waals surface area (Å²) in [7, 11) is 0. The Morgan fingerprint density at radius 1 is 1.09 bits per heavy atom. The Bertz CT molecular complexity index is 427. The number of aliphatic hydroxyl groups is 1. The number of rotatable bonds is 7. The second kappa shape index (κ2) is 6.23. The maximum Gasteiger partial charge on any atom is 0.164 e. The van der Waals surface area contributed by atoms with Crippen molar-refractivity contribution in [2.45, 2.75) is 96.4 Å². The predicted octanol–water partition coefficient (Wildman–Crippen LogP) is 3.57. The number of allylic oxidation sites excluding steroid dienone is 2. The normalized spacial score (nSPS) is 36.6. The van der Waals surface area contributed by atoms with Crippen molar-refractivity contribution in [3.05, 3.63) is 11.6 Å². The Kier molecular flexibility index (Phi) is 5.08. The van der Waals surface area contributed by atoms with Crippen LogP contribution in [-0.4, -0.2) is 40.9 Å². The van der Waals surface area contributed by atoms with Gasteiger partial charge < -0.3 is 19.3 Å². The molecule has 2 aliphatic rings. The van der Waals surface area contributed by atoms with E-state index in [9.17, 15) is 0 Å². The van der Waals surface area contributed by atoms with Crippen LogP contribution in [0.1, 0.15) is 67.2 Å². The molecule has 128 valence electrons. The Balaban J connectivity index is 1.73. The van der Waals surface area contributed by atoms with E-state index in [1.165, 1.54) is 5.57 Å². The van der Waals surface area contributed by atoms with E-state index in [1.807, 2.05) is 13.8 Å². The monoisotopic (exact) mass is 312 g/mol. The molecule has 0 aliphatic carbocycles. The molecule has 0 amide bonds. The van der Waals surface area contributed by atoms with Crippen molar-refractivity contribution in [1.29, 1.82) is 0 Å². The lowest BCUT2D eigenvalue weighted by atomic mass is 9.95. The van der Waals surface area contributed by atoms with E-state index in [0.717, 1.165) is 25.7 Å². The van der Waals surface area contributed by atoms with Crippen molar-refractivity contribution < 1.29 is 19.3 Å². The molecule has 0 saturated carbocycles. The molecule has 2 saturated heterocycles. The maximum atomic E-state index is 9.08. The van der Waals surface area contributed by atoms with E-state index in [0.29, 0.717) is 0 Å². The highest BCUT2D eigenvalue weighted by Gasteiger charge is 2.50. The first-order valence-electron chi connectivity index (χ1n) is 8.40. The van der Waals surface area contributed by atoms with Gasteiger partial charge in [0.2, 0.25) is 0 Å². The molecule has 3 atom stereocenters. The van der Waals surface area contributed by atoms with Gasteiger partial charge in [0.25, 0.3) is 0 Å². The molecule has 2 fully saturated rings. The van der Waals surface area contributed by atoms with E-state index in [-0.39, 0.29) is 30.0 Å². The van der Waals surface area contributed by atoms with Crippen LogP contribution in [0.5, 0.6) is 0 Å². The summed E-state index contributed by atoms with van der Waals surface area (Å²) in [6.45, 7) is 12.5. The molecule has 1 N–H and O–H groups in total. The fraction of sp³-hybridized carbons (Fsp3) is 0.889. The molecule has 22 heavy (non-hydrogen) atoms. The SMILES string of the molecule is C/C(=C\CC[C@]1(C)O[C@H]1CO)CC[C@H]1OC(C)(C)OC1(C)C. The lowest BCUT2D eigenvalue weighted by molar-refractivity contribution is -0.157. The van der Waals surface area contributed by atoms with Gasteiger partial charge in [0.1, 0.15) is 6.10 Å². The molecule has 0 aromatic carbocycles. The zero-order valence-corrected chi connectivity index (χ0v) is 14.9. The van der Waals surface area contributed by atoms with Crippen LogP contribution in [0, 0.1) is 0 Å². The summed E-state index contributed by atoms with van der Waals surface area (Å²) in [5.41, 5.74) is 1.04. The van der Waals surface area contributed by atoms with Crippen LogP contribution >= 0.6 is 0 Å². The summed E-state index contributed by atoms with van der Waals surface area (Å²) in [6.07, 6.45) is 6.42. The molecular weight excluding hydrogens is 280 g/mol. The average Bonchev–Trinajstić information content (AvgIpc) is 2.97. The van der Waals surface area contributed by atoms with Gasteiger partial charge >= 0.3 is 0 Å². The summed E-state index contributed by atoms with van der Waals surface area (Å²) in [6, 6.07) is 0. The zero-order valence-electron chi connectivity index (χ0n) is 14.9. The van der Waals surface area contributed by atoms with Crippen molar-refractivity contribution in [2.75, 3.05) is 6.61 Å². The third-order valence-electron chi connectivity index (χ3n) is 4.85. The molecule has 0 aromatic rings. The fourth-order valence-corrected chi connectivity index (χ4v) is 3.42. The second-order valence-electron chi connectivity index (χ2n) is 7.94. The van der Waals surface area contributed by atoms with Crippen LogP contribution in [0.2, 0.25) is 0 Å². The van der Waals surface area contributed by atoms with Gasteiger partial charge in [-0.2, -0.15) is 0 Å². The van der Waals surface area contributed by atoms with Crippen LogP contribution in [0.25, 0.3) is 0 Å². The highest BCUT2D eigenvalue weighted by Crippen LogP contribution is 2.40. The highest BCUT2D eigenvalue weighted by atomic mass is 16.8.